The molecule has 2 saturated heterocycles. The van der Waals surface area contributed by atoms with Crippen molar-refractivity contribution in [1.82, 2.24) is 9.80 Å². The largest absolute Gasteiger partial charge is 0.370 e. The summed E-state index contributed by atoms with van der Waals surface area (Å²) in [5.41, 5.74) is 6.04. The maximum atomic E-state index is 6.04. The molecule has 2 bridgehead atoms. The zero-order valence-corrected chi connectivity index (χ0v) is 10.5. The lowest BCUT2D eigenvalue weighted by Crippen LogP contribution is -2.43. The van der Waals surface area contributed by atoms with E-state index < -0.39 is 0 Å². The second-order valence-electron chi connectivity index (χ2n) is 5.03. The second kappa shape index (κ2) is 5.04. The van der Waals surface area contributed by atoms with E-state index in [0.29, 0.717) is 6.04 Å². The lowest BCUT2D eigenvalue weighted by atomic mass is 10.1. The summed E-state index contributed by atoms with van der Waals surface area (Å²) in [7, 11) is 2.26. The van der Waals surface area contributed by atoms with E-state index in [0.717, 1.165) is 38.1 Å². The third-order valence-electron chi connectivity index (χ3n) is 3.97. The number of guanidine groups is 1. The SMILES string of the molecule is CCCN=C(N)N1CCC2CCC(C1)N2C. The highest BCUT2D eigenvalue weighted by molar-refractivity contribution is 5.78. The minimum Gasteiger partial charge on any atom is -0.370 e. The number of fused-ring (bicyclic) bond motifs is 2. The van der Waals surface area contributed by atoms with Crippen LogP contribution >= 0.6 is 0 Å². The zero-order valence-electron chi connectivity index (χ0n) is 10.5. The molecule has 0 aromatic rings. The van der Waals surface area contributed by atoms with Crippen molar-refractivity contribution in [2.75, 3.05) is 26.7 Å². The van der Waals surface area contributed by atoms with Crippen LogP contribution in [0, 0.1) is 0 Å². The Bertz CT molecular complexity index is 264. The van der Waals surface area contributed by atoms with Crippen LogP contribution in [0.5, 0.6) is 0 Å². The molecular weight excluding hydrogens is 200 g/mol. The van der Waals surface area contributed by atoms with Gasteiger partial charge in [0, 0.05) is 31.7 Å². The third kappa shape index (κ3) is 2.32. The fourth-order valence-electron chi connectivity index (χ4n) is 2.84. The van der Waals surface area contributed by atoms with Gasteiger partial charge in [0.05, 0.1) is 0 Å². The number of nitrogens with zero attached hydrogens (tertiary/aromatic N) is 3. The quantitative estimate of drug-likeness (QED) is 0.559. The fraction of sp³-hybridized carbons (Fsp3) is 0.917. The molecule has 2 aliphatic rings. The molecule has 0 radical (unpaired) electrons. The van der Waals surface area contributed by atoms with Crippen molar-refractivity contribution >= 4 is 5.96 Å². The molecular formula is C12H24N4. The minimum atomic E-state index is 0.683. The Kier molecular flexibility index (Phi) is 3.69. The Balaban J connectivity index is 1.98. The summed E-state index contributed by atoms with van der Waals surface area (Å²) < 4.78 is 0. The molecule has 4 heteroatoms. The van der Waals surface area contributed by atoms with E-state index in [9.17, 15) is 0 Å². The van der Waals surface area contributed by atoms with Crippen LogP contribution in [0.15, 0.2) is 4.99 Å². The number of rotatable bonds is 2. The summed E-state index contributed by atoms with van der Waals surface area (Å²) in [6.07, 6.45) is 4.98. The van der Waals surface area contributed by atoms with Crippen LogP contribution in [-0.4, -0.2) is 54.5 Å². The molecule has 2 fully saturated rings. The highest BCUT2D eigenvalue weighted by atomic mass is 15.3. The molecule has 2 atom stereocenters. The summed E-state index contributed by atoms with van der Waals surface area (Å²) in [6.45, 7) is 5.12. The van der Waals surface area contributed by atoms with Crippen LogP contribution in [-0.2, 0) is 0 Å². The summed E-state index contributed by atoms with van der Waals surface area (Å²) >= 11 is 0. The number of hydrogen-bond acceptors (Lipinski definition) is 2. The number of likely N-dealkylation sites (tertiary alicyclic amines) is 1. The van der Waals surface area contributed by atoms with E-state index in [1.54, 1.807) is 0 Å². The van der Waals surface area contributed by atoms with Crippen LogP contribution in [0.3, 0.4) is 0 Å². The van der Waals surface area contributed by atoms with Crippen molar-refractivity contribution in [3.63, 3.8) is 0 Å². The lowest BCUT2D eigenvalue weighted by Gasteiger charge is -2.26. The monoisotopic (exact) mass is 224 g/mol. The molecule has 2 heterocycles. The van der Waals surface area contributed by atoms with Crippen molar-refractivity contribution < 1.29 is 0 Å². The van der Waals surface area contributed by atoms with Gasteiger partial charge >= 0.3 is 0 Å². The first-order valence-electron chi connectivity index (χ1n) is 6.49. The third-order valence-corrected chi connectivity index (χ3v) is 3.97. The molecule has 0 aromatic heterocycles. The van der Waals surface area contributed by atoms with Gasteiger partial charge in [-0.1, -0.05) is 6.92 Å². The first-order chi connectivity index (χ1) is 7.72. The molecule has 2 rings (SSSR count). The van der Waals surface area contributed by atoms with Crippen molar-refractivity contribution in [3.8, 4) is 0 Å². The highest BCUT2D eigenvalue weighted by Gasteiger charge is 2.34. The minimum absolute atomic E-state index is 0.683. The number of nitrogens with two attached hydrogens (primary N) is 1. The average molecular weight is 224 g/mol. The van der Waals surface area contributed by atoms with Gasteiger partial charge in [-0.15, -0.1) is 0 Å². The van der Waals surface area contributed by atoms with E-state index in [4.69, 9.17) is 5.73 Å². The molecule has 0 spiro atoms. The van der Waals surface area contributed by atoms with Gasteiger partial charge in [-0.2, -0.15) is 0 Å². The van der Waals surface area contributed by atoms with Crippen LogP contribution in [0.2, 0.25) is 0 Å². The normalized spacial score (nSPS) is 31.9. The summed E-state index contributed by atoms with van der Waals surface area (Å²) in [5.74, 6) is 0.753. The number of aliphatic imine (C=N–C) groups is 1. The predicted octanol–water partition coefficient (Wildman–Crippen LogP) is 0.880. The molecule has 16 heavy (non-hydrogen) atoms. The van der Waals surface area contributed by atoms with Gasteiger partial charge in [0.15, 0.2) is 5.96 Å². The smallest absolute Gasteiger partial charge is 0.191 e. The van der Waals surface area contributed by atoms with Gasteiger partial charge in [-0.3, -0.25) is 9.89 Å². The van der Waals surface area contributed by atoms with Crippen LogP contribution in [0.4, 0.5) is 0 Å². The Morgan fingerprint density at radius 2 is 2.06 bits per heavy atom. The van der Waals surface area contributed by atoms with E-state index >= 15 is 0 Å². The van der Waals surface area contributed by atoms with E-state index in [2.05, 4.69) is 28.8 Å². The zero-order chi connectivity index (χ0) is 11.5. The molecule has 4 nitrogen and oxygen atoms in total. The standard InChI is InChI=1S/C12H24N4/c1-3-7-14-12(13)16-8-6-10-4-5-11(9-16)15(10)2/h10-11H,3-9H2,1-2H3,(H2,13,14). The van der Waals surface area contributed by atoms with E-state index in [1.165, 1.54) is 19.3 Å². The van der Waals surface area contributed by atoms with Gasteiger partial charge < -0.3 is 10.6 Å². The van der Waals surface area contributed by atoms with E-state index in [-0.39, 0.29) is 0 Å². The molecule has 0 aliphatic carbocycles. The highest BCUT2D eigenvalue weighted by Crippen LogP contribution is 2.28. The second-order valence-corrected chi connectivity index (χ2v) is 5.03. The summed E-state index contributed by atoms with van der Waals surface area (Å²) in [6, 6.07) is 1.46. The average Bonchev–Trinajstić information content (AvgIpc) is 2.50. The summed E-state index contributed by atoms with van der Waals surface area (Å²) in [5, 5.41) is 0. The molecule has 92 valence electrons. The topological polar surface area (TPSA) is 44.9 Å². The van der Waals surface area contributed by atoms with Crippen LogP contribution < -0.4 is 5.73 Å². The maximum absolute atomic E-state index is 6.04. The Morgan fingerprint density at radius 3 is 2.81 bits per heavy atom. The molecule has 2 N–H and O–H groups in total. The van der Waals surface area contributed by atoms with E-state index in [1.807, 2.05) is 0 Å². The number of likely N-dealkylation sites (N-methyl/N-ethyl adjacent to an activating group) is 1. The van der Waals surface area contributed by atoms with Gasteiger partial charge in [0.2, 0.25) is 0 Å². The molecule has 0 amide bonds. The first kappa shape index (κ1) is 11.7. The lowest BCUT2D eigenvalue weighted by molar-refractivity contribution is 0.245. The van der Waals surface area contributed by atoms with Crippen LogP contribution in [0.1, 0.15) is 32.6 Å². The van der Waals surface area contributed by atoms with Crippen LogP contribution in [0.25, 0.3) is 0 Å². The Morgan fingerprint density at radius 1 is 1.31 bits per heavy atom. The van der Waals surface area contributed by atoms with Crippen molar-refractivity contribution in [2.45, 2.75) is 44.7 Å². The first-order valence-corrected chi connectivity index (χ1v) is 6.49. The van der Waals surface area contributed by atoms with Gasteiger partial charge in [0.25, 0.3) is 0 Å². The molecule has 2 unspecified atom stereocenters. The Labute approximate surface area is 98.5 Å². The molecule has 2 aliphatic heterocycles. The molecule has 0 aromatic carbocycles. The van der Waals surface area contributed by atoms with Gasteiger partial charge in [-0.05, 0) is 32.7 Å². The van der Waals surface area contributed by atoms with Gasteiger partial charge in [0.1, 0.15) is 0 Å². The van der Waals surface area contributed by atoms with Gasteiger partial charge in [-0.25, -0.2) is 0 Å². The number of hydrogen-bond donors (Lipinski definition) is 1. The van der Waals surface area contributed by atoms with Crippen molar-refractivity contribution in [1.29, 1.82) is 0 Å². The Hall–Kier alpha value is -0.770. The van der Waals surface area contributed by atoms with Crippen molar-refractivity contribution in [2.24, 2.45) is 10.7 Å². The summed E-state index contributed by atoms with van der Waals surface area (Å²) in [4.78, 5) is 9.23. The van der Waals surface area contributed by atoms with Crippen molar-refractivity contribution in [3.05, 3.63) is 0 Å². The fourth-order valence-corrected chi connectivity index (χ4v) is 2.84. The predicted molar refractivity (Wildman–Crippen MR) is 67.5 cm³/mol. The maximum Gasteiger partial charge on any atom is 0.191 e. The molecule has 0 saturated carbocycles.